The highest BCUT2D eigenvalue weighted by atomic mass is 28.4. The topological polar surface area (TPSA) is 77.9 Å². The number of carbonyl (C=O) groups is 1. The SMILES string of the molecule is CCCCC[C@@H](O)c1nc(/C=C/[C@@H](O[Si](C)(C)C(C)(C)C)C(CCCC(=O)OC)O[Si](C)(C)C(C)(C)C)cc2ccccc12. The Morgan fingerprint density at radius 3 is 2.14 bits per heavy atom. The van der Waals surface area contributed by atoms with Crippen LogP contribution in [0.1, 0.15) is 111 Å². The quantitative estimate of drug-likeness (QED) is 0.111. The lowest BCUT2D eigenvalue weighted by atomic mass is 10.0. The van der Waals surface area contributed by atoms with Crippen LogP contribution in [0.15, 0.2) is 36.4 Å². The Balaban J connectivity index is 2.60. The maximum atomic E-state index is 12.0. The lowest BCUT2D eigenvalue weighted by Gasteiger charge is -2.44. The third-order valence-corrected chi connectivity index (χ3v) is 18.6. The van der Waals surface area contributed by atoms with E-state index in [0.29, 0.717) is 25.7 Å². The van der Waals surface area contributed by atoms with Gasteiger partial charge in [-0.25, -0.2) is 0 Å². The molecule has 0 amide bonds. The van der Waals surface area contributed by atoms with Crippen LogP contribution >= 0.6 is 0 Å². The normalized spacial score (nSPS) is 15.5. The highest BCUT2D eigenvalue weighted by Gasteiger charge is 2.44. The van der Waals surface area contributed by atoms with E-state index in [-0.39, 0.29) is 28.3 Å². The molecule has 1 aromatic heterocycles. The number of benzene rings is 1. The van der Waals surface area contributed by atoms with Crippen LogP contribution in [0, 0.1) is 0 Å². The minimum Gasteiger partial charge on any atom is -0.469 e. The van der Waals surface area contributed by atoms with Crippen molar-refractivity contribution in [1.82, 2.24) is 4.98 Å². The third kappa shape index (κ3) is 10.9. The van der Waals surface area contributed by atoms with Crippen LogP contribution in [0.2, 0.25) is 36.3 Å². The van der Waals surface area contributed by atoms with Crippen molar-refractivity contribution in [2.45, 2.75) is 148 Å². The summed E-state index contributed by atoms with van der Waals surface area (Å²) < 4.78 is 19.1. The second kappa shape index (κ2) is 16.1. The van der Waals surface area contributed by atoms with Crippen molar-refractivity contribution in [2.24, 2.45) is 0 Å². The average Bonchev–Trinajstić information content (AvgIpc) is 2.92. The summed E-state index contributed by atoms with van der Waals surface area (Å²) in [5, 5.41) is 13.3. The highest BCUT2D eigenvalue weighted by Crippen LogP contribution is 2.41. The fraction of sp³-hybridized carbons (Fsp3) is 0.667. The van der Waals surface area contributed by atoms with E-state index >= 15 is 0 Å². The van der Waals surface area contributed by atoms with Gasteiger partial charge in [-0.2, -0.15) is 0 Å². The monoisotopic (exact) mass is 643 g/mol. The van der Waals surface area contributed by atoms with E-state index in [2.05, 4.69) is 92.9 Å². The predicted octanol–water partition coefficient (Wildman–Crippen LogP) is 9.99. The number of unbranched alkanes of at least 4 members (excludes halogenated alkanes) is 2. The average molecular weight is 644 g/mol. The van der Waals surface area contributed by atoms with Crippen LogP contribution in [0.5, 0.6) is 0 Å². The molecule has 2 aromatic rings. The molecule has 0 fully saturated rings. The first-order valence-corrected chi connectivity index (χ1v) is 22.3. The number of hydrogen-bond acceptors (Lipinski definition) is 6. The van der Waals surface area contributed by atoms with Gasteiger partial charge in [-0.3, -0.25) is 9.78 Å². The fourth-order valence-electron chi connectivity index (χ4n) is 4.66. The molecular weight excluding hydrogens is 583 g/mol. The standard InChI is InChI=1S/C36H61NO5Si2/c1-13-14-15-21-30(38)34-29-20-17-16-19-27(29)26-28(37-34)24-25-32(42-44(11,12)36(5,6)7)31(22-18-23-33(39)40-8)41-43(9,10)35(2,3)4/h16-17,19-20,24-26,30-32,38H,13-15,18,21-23H2,1-12H3/b25-24+/t30-,31?,32-/m1/s1. The van der Waals surface area contributed by atoms with Crippen LogP contribution < -0.4 is 0 Å². The zero-order valence-corrected chi connectivity index (χ0v) is 31.8. The van der Waals surface area contributed by atoms with E-state index in [0.717, 1.165) is 41.4 Å². The number of rotatable bonds is 16. The summed E-state index contributed by atoms with van der Waals surface area (Å²) in [6, 6.07) is 10.2. The van der Waals surface area contributed by atoms with Gasteiger partial charge in [-0.05, 0) is 73.1 Å². The zero-order valence-electron chi connectivity index (χ0n) is 29.8. The lowest BCUT2D eigenvalue weighted by molar-refractivity contribution is -0.140. The van der Waals surface area contributed by atoms with Crippen LogP contribution in [0.4, 0.5) is 0 Å². The number of methoxy groups -OCH3 is 1. The third-order valence-electron chi connectivity index (χ3n) is 9.60. The summed E-state index contributed by atoms with van der Waals surface area (Å²) >= 11 is 0. The number of fused-ring (bicyclic) bond motifs is 1. The van der Waals surface area contributed by atoms with Gasteiger partial charge in [-0.1, -0.05) is 98.1 Å². The van der Waals surface area contributed by atoms with E-state index in [4.69, 9.17) is 18.6 Å². The smallest absolute Gasteiger partial charge is 0.305 e. The van der Waals surface area contributed by atoms with Crippen molar-refractivity contribution in [3.05, 3.63) is 47.8 Å². The van der Waals surface area contributed by atoms with E-state index in [9.17, 15) is 9.90 Å². The molecule has 0 radical (unpaired) electrons. The number of nitrogens with zero attached hydrogens (tertiary/aromatic N) is 1. The molecule has 6 nitrogen and oxygen atoms in total. The van der Waals surface area contributed by atoms with E-state index in [1.54, 1.807) is 0 Å². The minimum absolute atomic E-state index is 0.00357. The van der Waals surface area contributed by atoms with Gasteiger partial charge < -0.3 is 18.7 Å². The number of aliphatic hydroxyl groups excluding tert-OH is 1. The molecule has 0 aliphatic carbocycles. The second-order valence-electron chi connectivity index (χ2n) is 15.3. The number of ether oxygens (including phenoxy) is 1. The molecule has 1 heterocycles. The maximum Gasteiger partial charge on any atom is 0.305 e. The number of pyridine rings is 1. The molecule has 0 bridgehead atoms. The summed E-state index contributed by atoms with van der Waals surface area (Å²) in [6.45, 7) is 24.7. The van der Waals surface area contributed by atoms with Crippen LogP contribution in [-0.2, 0) is 18.4 Å². The molecule has 1 aromatic carbocycles. The molecule has 44 heavy (non-hydrogen) atoms. The Morgan fingerprint density at radius 2 is 1.55 bits per heavy atom. The van der Waals surface area contributed by atoms with Crippen LogP contribution in [-0.4, -0.2) is 52.0 Å². The molecule has 0 aliphatic rings. The van der Waals surface area contributed by atoms with Crippen molar-refractivity contribution >= 4 is 39.5 Å². The first-order chi connectivity index (χ1) is 20.3. The number of carbonyl (C=O) groups excluding carboxylic acids is 1. The predicted molar refractivity (Wildman–Crippen MR) is 190 cm³/mol. The maximum absolute atomic E-state index is 12.0. The van der Waals surface area contributed by atoms with Crippen molar-refractivity contribution < 1.29 is 23.5 Å². The molecule has 0 spiro atoms. The number of esters is 1. The van der Waals surface area contributed by atoms with E-state index in [1.807, 2.05) is 24.3 Å². The van der Waals surface area contributed by atoms with Crippen molar-refractivity contribution in [2.75, 3.05) is 7.11 Å². The fourth-order valence-corrected chi connectivity index (χ4v) is 7.28. The van der Waals surface area contributed by atoms with Gasteiger partial charge in [-0.15, -0.1) is 0 Å². The summed E-state index contributed by atoms with van der Waals surface area (Å²) in [5.41, 5.74) is 1.52. The zero-order chi connectivity index (χ0) is 33.3. The Kier molecular flexibility index (Phi) is 14.0. The summed E-state index contributed by atoms with van der Waals surface area (Å²) in [6.07, 6.45) is 8.50. The number of hydrogen-bond donors (Lipinski definition) is 1. The molecule has 0 aliphatic heterocycles. The Labute approximate surface area is 270 Å². The van der Waals surface area contributed by atoms with Crippen LogP contribution in [0.25, 0.3) is 16.8 Å². The molecule has 1 unspecified atom stereocenters. The number of aliphatic hydroxyl groups is 1. The molecule has 248 valence electrons. The summed E-state index contributed by atoms with van der Waals surface area (Å²) in [4.78, 5) is 17.0. The van der Waals surface area contributed by atoms with Crippen LogP contribution in [0.3, 0.4) is 0 Å². The minimum atomic E-state index is -2.22. The lowest BCUT2D eigenvalue weighted by Crippen LogP contribution is -2.51. The van der Waals surface area contributed by atoms with E-state index in [1.165, 1.54) is 7.11 Å². The first-order valence-electron chi connectivity index (χ1n) is 16.5. The van der Waals surface area contributed by atoms with Crippen molar-refractivity contribution in [3.8, 4) is 0 Å². The van der Waals surface area contributed by atoms with Crippen molar-refractivity contribution in [1.29, 1.82) is 0 Å². The van der Waals surface area contributed by atoms with Crippen molar-refractivity contribution in [3.63, 3.8) is 0 Å². The molecule has 3 atom stereocenters. The Hall–Kier alpha value is -1.85. The van der Waals surface area contributed by atoms with Gasteiger partial charge in [0.2, 0.25) is 0 Å². The van der Waals surface area contributed by atoms with Gasteiger partial charge in [0.15, 0.2) is 16.6 Å². The Bertz CT molecular complexity index is 1230. The second-order valence-corrected chi connectivity index (χ2v) is 24.8. The largest absolute Gasteiger partial charge is 0.469 e. The molecule has 8 heteroatoms. The van der Waals surface area contributed by atoms with Gasteiger partial charge in [0.1, 0.15) is 0 Å². The molecule has 0 saturated heterocycles. The van der Waals surface area contributed by atoms with Gasteiger partial charge >= 0.3 is 5.97 Å². The van der Waals surface area contributed by atoms with Gasteiger partial charge in [0, 0.05) is 11.8 Å². The summed E-state index contributed by atoms with van der Waals surface area (Å²) in [7, 11) is -2.97. The Morgan fingerprint density at radius 1 is 0.932 bits per heavy atom. The molecular formula is C36H61NO5Si2. The van der Waals surface area contributed by atoms with Gasteiger partial charge in [0.05, 0.1) is 36.8 Å². The van der Waals surface area contributed by atoms with Gasteiger partial charge in [0.25, 0.3) is 0 Å². The molecule has 2 rings (SSSR count). The summed E-state index contributed by atoms with van der Waals surface area (Å²) in [5.74, 6) is -0.209. The first kappa shape index (κ1) is 38.3. The van der Waals surface area contributed by atoms with E-state index < -0.39 is 22.7 Å². The highest BCUT2D eigenvalue weighted by molar-refractivity contribution is 6.74. The molecule has 0 saturated carbocycles. The number of aromatic nitrogens is 1. The molecule has 1 N–H and O–H groups in total.